The summed E-state index contributed by atoms with van der Waals surface area (Å²) in [4.78, 5) is 0. The smallest absolute Gasteiger partial charge is 0.0545 e. The lowest BCUT2D eigenvalue weighted by atomic mass is 9.96. The van der Waals surface area contributed by atoms with Gasteiger partial charge in [-0.2, -0.15) is 20.7 Å². The van der Waals surface area contributed by atoms with Crippen molar-refractivity contribution in [2.24, 2.45) is 7.05 Å². The first-order valence-corrected chi connectivity index (χ1v) is 14.9. The van der Waals surface area contributed by atoms with Crippen LogP contribution in [0.2, 0.25) is 0 Å². The van der Waals surface area contributed by atoms with Crippen LogP contribution in [0.3, 0.4) is 0 Å². The first kappa shape index (κ1) is 20.8. The molecular formula is C35H25NSi-. The number of hydrogen-bond acceptors (Lipinski definition) is 0. The Hall–Kier alpha value is -4.40. The number of para-hydroxylation sites is 1. The fourth-order valence-electron chi connectivity index (χ4n) is 7.09. The van der Waals surface area contributed by atoms with Crippen LogP contribution in [0.15, 0.2) is 133 Å². The Balaban J connectivity index is 1.73. The minimum atomic E-state index is -2.59. The number of nitrogens with zero attached hydrogens (tertiary/aromatic N) is 1. The van der Waals surface area contributed by atoms with Crippen LogP contribution in [0.25, 0.3) is 43.7 Å². The number of aromatic nitrogens is 1. The Morgan fingerprint density at radius 2 is 1.05 bits per heavy atom. The standard InChI is InChI=1S/C35H25NSi/c1-36-30-22-12-10-20-28(30)32-26-18-8-9-19-27(26)35-33(34(32)36)29-21-11-13-23-31(29)37(35,24-14-4-2-5-15-24)25-16-6-3-7-17-25/h2-23H,1H3/q-1. The largest absolute Gasteiger partial charge is 0.343 e. The van der Waals surface area contributed by atoms with E-state index in [9.17, 15) is 0 Å². The van der Waals surface area contributed by atoms with Crippen LogP contribution in [-0.4, -0.2) is 12.6 Å². The molecule has 1 aliphatic heterocycles. The summed E-state index contributed by atoms with van der Waals surface area (Å²) in [6.45, 7) is 0. The molecule has 8 rings (SSSR count). The second kappa shape index (κ2) is 7.55. The highest BCUT2D eigenvalue weighted by Gasteiger charge is 2.39. The van der Waals surface area contributed by atoms with Gasteiger partial charge >= 0.3 is 0 Å². The summed E-state index contributed by atoms with van der Waals surface area (Å²) in [5.74, 6) is 0. The zero-order valence-electron chi connectivity index (χ0n) is 20.6. The van der Waals surface area contributed by atoms with Gasteiger partial charge in [-0.3, -0.25) is 0 Å². The molecule has 0 amide bonds. The molecule has 0 fully saturated rings. The van der Waals surface area contributed by atoms with E-state index in [0.29, 0.717) is 0 Å². The topological polar surface area (TPSA) is 4.93 Å². The number of rotatable bonds is 2. The van der Waals surface area contributed by atoms with E-state index in [4.69, 9.17) is 0 Å². The molecule has 175 valence electrons. The van der Waals surface area contributed by atoms with Gasteiger partial charge in [0.15, 0.2) is 0 Å². The molecule has 0 atom stereocenters. The highest BCUT2D eigenvalue weighted by Crippen LogP contribution is 2.43. The molecule has 0 spiro atoms. The van der Waals surface area contributed by atoms with Gasteiger partial charge in [0.05, 0.1) is 5.52 Å². The van der Waals surface area contributed by atoms with Crippen LogP contribution in [0.1, 0.15) is 0 Å². The maximum atomic E-state index is 2.44. The Bertz CT molecular complexity index is 1940. The third-order valence-corrected chi connectivity index (χ3v) is 13.4. The molecule has 1 nitrogen and oxygen atoms in total. The highest BCUT2D eigenvalue weighted by molar-refractivity contribution is 7.23. The van der Waals surface area contributed by atoms with Gasteiger partial charge in [0.25, 0.3) is 0 Å². The Kier molecular flexibility index (Phi) is 4.23. The third-order valence-electron chi connectivity index (χ3n) is 8.45. The van der Waals surface area contributed by atoms with E-state index in [-0.39, 0.29) is 0 Å². The van der Waals surface area contributed by atoms with Crippen molar-refractivity contribution in [1.29, 1.82) is 0 Å². The summed E-state index contributed by atoms with van der Waals surface area (Å²) in [5, 5.41) is 11.3. The molecule has 2 heteroatoms. The number of aryl methyl sites for hydroxylation is 1. The minimum Gasteiger partial charge on any atom is -0.343 e. The average molecular weight is 488 g/mol. The van der Waals surface area contributed by atoms with Crippen molar-refractivity contribution >= 4 is 61.4 Å². The van der Waals surface area contributed by atoms with Gasteiger partial charge in [0.2, 0.25) is 0 Å². The highest BCUT2D eigenvalue weighted by atomic mass is 28.3. The third kappa shape index (κ3) is 2.53. The van der Waals surface area contributed by atoms with Gasteiger partial charge in [-0.25, -0.2) is 0 Å². The van der Waals surface area contributed by atoms with E-state index in [1.807, 2.05) is 0 Å². The van der Waals surface area contributed by atoms with E-state index in [1.165, 1.54) is 64.5 Å². The van der Waals surface area contributed by atoms with Crippen molar-refractivity contribution in [3.05, 3.63) is 133 Å². The molecule has 0 unspecified atom stereocenters. The molecule has 7 aromatic rings. The van der Waals surface area contributed by atoms with Crippen LogP contribution >= 0.6 is 0 Å². The van der Waals surface area contributed by atoms with E-state index in [1.54, 1.807) is 0 Å². The van der Waals surface area contributed by atoms with Gasteiger partial charge in [-0.1, -0.05) is 127 Å². The quantitative estimate of drug-likeness (QED) is 0.270. The molecule has 1 aromatic heterocycles. The minimum absolute atomic E-state index is 1.28. The predicted octanol–water partition coefficient (Wildman–Crippen LogP) is 5.84. The monoisotopic (exact) mass is 487 g/mol. The van der Waals surface area contributed by atoms with Crippen molar-refractivity contribution in [3.63, 3.8) is 0 Å². The molecule has 0 saturated carbocycles. The van der Waals surface area contributed by atoms with Crippen LogP contribution in [0, 0.1) is 0 Å². The van der Waals surface area contributed by atoms with Crippen molar-refractivity contribution in [2.45, 2.75) is 0 Å². The lowest BCUT2D eigenvalue weighted by Crippen LogP contribution is -2.73. The van der Waals surface area contributed by atoms with Gasteiger partial charge in [0.1, 0.15) is 0 Å². The van der Waals surface area contributed by atoms with Crippen molar-refractivity contribution < 1.29 is 0 Å². The van der Waals surface area contributed by atoms with Crippen LogP contribution in [0.4, 0.5) is 0 Å². The number of hydrogen-bond donors (Lipinski definition) is 0. The van der Waals surface area contributed by atoms with Crippen LogP contribution in [0.5, 0.6) is 0 Å². The van der Waals surface area contributed by atoms with Crippen molar-refractivity contribution in [1.82, 2.24) is 4.57 Å². The average Bonchev–Trinajstić information content (AvgIpc) is 3.45. The van der Waals surface area contributed by atoms with Gasteiger partial charge in [-0.05, 0) is 36.0 Å². The zero-order valence-corrected chi connectivity index (χ0v) is 21.6. The normalized spacial score (nSPS) is 13.8. The van der Waals surface area contributed by atoms with Crippen LogP contribution < -0.4 is 20.7 Å². The molecule has 1 aliphatic rings. The SMILES string of the molecule is Cn1c2ccccc2c2c3ccccc3c3c(c21)-c1ccccc1[Si-]3(c1ccccc1)c1ccccc1. The Morgan fingerprint density at radius 3 is 1.76 bits per heavy atom. The summed E-state index contributed by atoms with van der Waals surface area (Å²) < 4.78 is 2.44. The molecule has 0 saturated heterocycles. The number of benzene rings is 6. The predicted molar refractivity (Wildman–Crippen MR) is 161 cm³/mol. The molecule has 0 aliphatic carbocycles. The summed E-state index contributed by atoms with van der Waals surface area (Å²) in [6.07, 6.45) is 0. The molecule has 6 aromatic carbocycles. The molecule has 2 heterocycles. The Labute approximate surface area is 217 Å². The fourth-order valence-corrected chi connectivity index (χ4v) is 12.5. The first-order chi connectivity index (χ1) is 18.3. The van der Waals surface area contributed by atoms with Crippen molar-refractivity contribution in [3.8, 4) is 11.1 Å². The molecule has 0 N–H and O–H groups in total. The van der Waals surface area contributed by atoms with Gasteiger partial charge in [0, 0.05) is 23.3 Å². The van der Waals surface area contributed by atoms with Crippen molar-refractivity contribution in [2.75, 3.05) is 0 Å². The molecule has 0 bridgehead atoms. The molecule has 37 heavy (non-hydrogen) atoms. The molecule has 0 radical (unpaired) electrons. The molecular weight excluding hydrogens is 462 g/mol. The number of fused-ring (bicyclic) bond motifs is 10. The second-order valence-electron chi connectivity index (χ2n) is 10.1. The van der Waals surface area contributed by atoms with E-state index in [2.05, 4.69) is 145 Å². The maximum absolute atomic E-state index is 2.59. The zero-order chi connectivity index (χ0) is 24.6. The van der Waals surface area contributed by atoms with E-state index in [0.717, 1.165) is 0 Å². The maximum Gasteiger partial charge on any atom is 0.0545 e. The lowest BCUT2D eigenvalue weighted by molar-refractivity contribution is 1.02. The van der Waals surface area contributed by atoms with E-state index < -0.39 is 8.07 Å². The second-order valence-corrected chi connectivity index (χ2v) is 13.8. The Morgan fingerprint density at radius 1 is 0.514 bits per heavy atom. The van der Waals surface area contributed by atoms with E-state index >= 15 is 0 Å². The van der Waals surface area contributed by atoms with Gasteiger partial charge < -0.3 is 4.57 Å². The summed E-state index contributed by atoms with van der Waals surface area (Å²) in [7, 11) is -0.348. The first-order valence-electron chi connectivity index (χ1n) is 12.9. The van der Waals surface area contributed by atoms with Gasteiger partial charge in [-0.15, -0.1) is 0 Å². The summed E-state index contributed by atoms with van der Waals surface area (Å²) in [5.41, 5.74) is 5.44. The summed E-state index contributed by atoms with van der Waals surface area (Å²) in [6, 6.07) is 49.8. The summed E-state index contributed by atoms with van der Waals surface area (Å²) >= 11 is 0. The lowest BCUT2D eigenvalue weighted by Gasteiger charge is -2.45. The fraction of sp³-hybridized carbons (Fsp3) is 0.0286. The van der Waals surface area contributed by atoms with Crippen LogP contribution in [-0.2, 0) is 7.05 Å².